The van der Waals surface area contributed by atoms with Gasteiger partial charge in [-0.1, -0.05) is 27.2 Å². The van der Waals surface area contributed by atoms with Crippen molar-refractivity contribution in [3.8, 4) is 0 Å². The van der Waals surface area contributed by atoms with Gasteiger partial charge < -0.3 is 9.64 Å². The molecular weight excluding hydrogens is 273 g/mol. The van der Waals surface area contributed by atoms with Gasteiger partial charge in [0.25, 0.3) is 0 Å². The van der Waals surface area contributed by atoms with E-state index in [1.807, 2.05) is 20.8 Å². The van der Waals surface area contributed by atoms with E-state index in [2.05, 4.69) is 10.1 Å². The lowest BCUT2D eigenvalue weighted by atomic mass is 10.1. The average molecular weight is 296 g/mol. The van der Waals surface area contributed by atoms with E-state index in [4.69, 9.17) is 0 Å². The number of amides is 1. The molecule has 118 valence electrons. The quantitative estimate of drug-likeness (QED) is 0.732. The maximum absolute atomic E-state index is 12.2. The molecular formula is C13H23F3N2O2. The smallest absolute Gasteiger partial charge is 0.370 e. The molecule has 4 nitrogen and oxygen atoms in total. The molecule has 1 aliphatic heterocycles. The van der Waals surface area contributed by atoms with Crippen molar-refractivity contribution in [1.29, 1.82) is 0 Å². The summed E-state index contributed by atoms with van der Waals surface area (Å²) >= 11 is 0. The zero-order chi connectivity index (χ0) is 15.3. The molecule has 0 saturated carbocycles. The highest BCUT2D eigenvalue weighted by atomic mass is 19.4. The maximum Gasteiger partial charge on any atom is 0.411 e. The number of rotatable bonds is 7. The van der Waals surface area contributed by atoms with Gasteiger partial charge in [-0.2, -0.15) is 13.2 Å². The van der Waals surface area contributed by atoms with Crippen LogP contribution in [-0.4, -0.2) is 48.9 Å². The van der Waals surface area contributed by atoms with Crippen molar-refractivity contribution in [2.24, 2.45) is 5.92 Å². The molecule has 2 unspecified atom stereocenters. The number of nitrogens with one attached hydrogen (secondary N) is 1. The second kappa shape index (κ2) is 7.26. The number of alkyl halides is 3. The second-order valence-electron chi connectivity index (χ2n) is 5.39. The zero-order valence-corrected chi connectivity index (χ0v) is 12.2. The lowest BCUT2D eigenvalue weighted by molar-refractivity contribution is -0.175. The minimum atomic E-state index is -4.32. The number of carbonyl (C=O) groups is 1. The summed E-state index contributed by atoms with van der Waals surface area (Å²) in [4.78, 5) is 13.8. The number of carbonyl (C=O) groups excluding carboxylic acids is 1. The first kappa shape index (κ1) is 17.2. The number of hydrogen-bond donors (Lipinski definition) is 1. The Bertz CT molecular complexity index is 321. The van der Waals surface area contributed by atoms with Crippen LogP contribution < -0.4 is 5.32 Å². The second-order valence-corrected chi connectivity index (χ2v) is 5.39. The normalized spacial score (nSPS) is 23.9. The summed E-state index contributed by atoms with van der Waals surface area (Å²) in [6.45, 7) is 4.72. The summed E-state index contributed by atoms with van der Waals surface area (Å²) in [6.07, 6.45) is -2.74. The Kier molecular flexibility index (Phi) is 6.26. The van der Waals surface area contributed by atoms with Crippen LogP contribution in [0.2, 0.25) is 0 Å². The summed E-state index contributed by atoms with van der Waals surface area (Å²) in [5.74, 6) is 0.108. The summed E-state index contributed by atoms with van der Waals surface area (Å²) < 4.78 is 40.5. The Balaban J connectivity index is 2.49. The number of nitrogens with zero attached hydrogens (tertiary/aromatic N) is 1. The largest absolute Gasteiger partial charge is 0.411 e. The average Bonchev–Trinajstić information content (AvgIpc) is 2.62. The van der Waals surface area contributed by atoms with E-state index >= 15 is 0 Å². The molecule has 1 N–H and O–H groups in total. The van der Waals surface area contributed by atoms with E-state index in [1.165, 1.54) is 0 Å². The molecule has 2 atom stereocenters. The standard InChI is InChI=1S/C13H23F3N2O2/c1-4-5-10-17-11(9(2)3)12(19)18(10)6-7-20-8-13(14,15)16/h9-11,17H,4-8H2,1-3H3. The molecule has 1 saturated heterocycles. The van der Waals surface area contributed by atoms with Crippen molar-refractivity contribution < 1.29 is 22.7 Å². The van der Waals surface area contributed by atoms with Crippen molar-refractivity contribution >= 4 is 5.91 Å². The van der Waals surface area contributed by atoms with Gasteiger partial charge in [-0.3, -0.25) is 10.1 Å². The maximum atomic E-state index is 12.2. The lowest BCUT2D eigenvalue weighted by Gasteiger charge is -2.23. The first-order valence-corrected chi connectivity index (χ1v) is 6.97. The van der Waals surface area contributed by atoms with E-state index in [0.717, 1.165) is 12.8 Å². The Hall–Kier alpha value is -0.820. The zero-order valence-electron chi connectivity index (χ0n) is 12.2. The van der Waals surface area contributed by atoms with Crippen LogP contribution >= 0.6 is 0 Å². The predicted octanol–water partition coefficient (Wildman–Crippen LogP) is 2.15. The molecule has 0 radical (unpaired) electrons. The van der Waals surface area contributed by atoms with E-state index in [0.29, 0.717) is 0 Å². The minimum absolute atomic E-state index is 0.0472. The van der Waals surface area contributed by atoms with Crippen LogP contribution in [0.15, 0.2) is 0 Å². The van der Waals surface area contributed by atoms with Crippen LogP contribution in [0.1, 0.15) is 33.6 Å². The molecule has 1 rings (SSSR count). The Morgan fingerprint density at radius 2 is 2.05 bits per heavy atom. The SMILES string of the molecule is CCCC1NC(C(C)C)C(=O)N1CCOCC(F)(F)F. The summed E-state index contributed by atoms with van der Waals surface area (Å²) in [5, 5.41) is 3.25. The van der Waals surface area contributed by atoms with Gasteiger partial charge in [0, 0.05) is 6.54 Å². The van der Waals surface area contributed by atoms with Crippen LogP contribution in [-0.2, 0) is 9.53 Å². The molecule has 0 aromatic rings. The van der Waals surface area contributed by atoms with Crippen molar-refractivity contribution in [2.75, 3.05) is 19.8 Å². The molecule has 1 aliphatic rings. The van der Waals surface area contributed by atoms with E-state index in [9.17, 15) is 18.0 Å². The van der Waals surface area contributed by atoms with Crippen LogP contribution in [0.3, 0.4) is 0 Å². The molecule has 20 heavy (non-hydrogen) atoms. The molecule has 0 spiro atoms. The predicted molar refractivity (Wildman–Crippen MR) is 69.0 cm³/mol. The van der Waals surface area contributed by atoms with E-state index in [1.54, 1.807) is 4.90 Å². The third kappa shape index (κ3) is 4.94. The molecule has 0 aromatic heterocycles. The third-order valence-corrected chi connectivity index (χ3v) is 3.27. The molecule has 0 aromatic carbocycles. The van der Waals surface area contributed by atoms with Crippen molar-refractivity contribution in [3.05, 3.63) is 0 Å². The first-order chi connectivity index (χ1) is 9.26. The molecule has 1 amide bonds. The summed E-state index contributed by atoms with van der Waals surface area (Å²) in [6, 6.07) is -0.255. The number of hydrogen-bond acceptors (Lipinski definition) is 3. The van der Waals surface area contributed by atoms with Gasteiger partial charge in [-0.25, -0.2) is 0 Å². The monoisotopic (exact) mass is 296 g/mol. The lowest BCUT2D eigenvalue weighted by Crippen LogP contribution is -2.39. The van der Waals surface area contributed by atoms with E-state index in [-0.39, 0.29) is 37.2 Å². The van der Waals surface area contributed by atoms with Gasteiger partial charge in [0.05, 0.1) is 18.8 Å². The van der Waals surface area contributed by atoms with E-state index < -0.39 is 12.8 Å². The minimum Gasteiger partial charge on any atom is -0.370 e. The summed E-state index contributed by atoms with van der Waals surface area (Å²) in [7, 11) is 0. The van der Waals surface area contributed by atoms with Gasteiger partial charge in [-0.15, -0.1) is 0 Å². The van der Waals surface area contributed by atoms with Gasteiger partial charge in [-0.05, 0) is 12.3 Å². The van der Waals surface area contributed by atoms with Crippen LogP contribution in [0, 0.1) is 5.92 Å². The van der Waals surface area contributed by atoms with Crippen LogP contribution in [0.4, 0.5) is 13.2 Å². The van der Waals surface area contributed by atoms with Gasteiger partial charge in [0.2, 0.25) is 5.91 Å². The Labute approximate surface area is 117 Å². The van der Waals surface area contributed by atoms with Gasteiger partial charge >= 0.3 is 6.18 Å². The first-order valence-electron chi connectivity index (χ1n) is 6.97. The Morgan fingerprint density at radius 1 is 1.40 bits per heavy atom. The molecule has 1 fully saturated rings. The highest BCUT2D eigenvalue weighted by molar-refractivity contribution is 5.84. The van der Waals surface area contributed by atoms with Crippen molar-refractivity contribution in [3.63, 3.8) is 0 Å². The number of halogens is 3. The van der Waals surface area contributed by atoms with Gasteiger partial charge in [0.1, 0.15) is 6.61 Å². The molecule has 1 heterocycles. The Morgan fingerprint density at radius 3 is 2.55 bits per heavy atom. The van der Waals surface area contributed by atoms with Crippen molar-refractivity contribution in [1.82, 2.24) is 10.2 Å². The van der Waals surface area contributed by atoms with Crippen molar-refractivity contribution in [2.45, 2.75) is 52.0 Å². The topological polar surface area (TPSA) is 41.6 Å². The van der Waals surface area contributed by atoms with Crippen LogP contribution in [0.25, 0.3) is 0 Å². The molecule has 7 heteroatoms. The summed E-state index contributed by atoms with van der Waals surface area (Å²) in [5.41, 5.74) is 0. The number of ether oxygens (including phenoxy) is 1. The third-order valence-electron chi connectivity index (χ3n) is 3.27. The highest BCUT2D eigenvalue weighted by Gasteiger charge is 2.39. The fraction of sp³-hybridized carbons (Fsp3) is 0.923. The fourth-order valence-corrected chi connectivity index (χ4v) is 2.31. The van der Waals surface area contributed by atoms with Gasteiger partial charge in [0.15, 0.2) is 0 Å². The molecule has 0 bridgehead atoms. The van der Waals surface area contributed by atoms with Crippen LogP contribution in [0.5, 0.6) is 0 Å². The fourth-order valence-electron chi connectivity index (χ4n) is 2.31. The highest BCUT2D eigenvalue weighted by Crippen LogP contribution is 2.20. The molecule has 0 aliphatic carbocycles.